The molecule has 8 nitrogen and oxygen atoms in total. The maximum atomic E-state index is 12.9. The standard InChI is InChI=1S/C23H31N3O5/c1-15(2)25-23(28)26-13-17(16-7-8-20(29-3)21(11-16)30-4)10-18(14-26)22(27)24-12-19-6-5-9-31-19/h5-9,11,15,17-18H,10,12-14H2,1-4H3,(H,24,27)(H,25,28). The monoisotopic (exact) mass is 429 g/mol. The van der Waals surface area contributed by atoms with E-state index in [1.807, 2.05) is 38.1 Å². The lowest BCUT2D eigenvalue weighted by Gasteiger charge is -2.37. The average molecular weight is 430 g/mol. The highest BCUT2D eigenvalue weighted by Crippen LogP contribution is 2.36. The number of nitrogens with one attached hydrogen (secondary N) is 2. The Labute approximate surface area is 182 Å². The molecule has 1 saturated heterocycles. The largest absolute Gasteiger partial charge is 0.493 e. The van der Waals surface area contributed by atoms with E-state index in [9.17, 15) is 9.59 Å². The van der Waals surface area contributed by atoms with Crippen LogP contribution in [0.3, 0.4) is 0 Å². The van der Waals surface area contributed by atoms with Gasteiger partial charge >= 0.3 is 6.03 Å². The molecule has 0 aliphatic carbocycles. The summed E-state index contributed by atoms with van der Waals surface area (Å²) in [4.78, 5) is 27.4. The normalized spacial score (nSPS) is 18.5. The van der Waals surface area contributed by atoms with Crippen LogP contribution in [0.4, 0.5) is 4.79 Å². The number of nitrogens with zero attached hydrogens (tertiary/aromatic N) is 1. The lowest BCUT2D eigenvalue weighted by atomic mass is 9.84. The summed E-state index contributed by atoms with van der Waals surface area (Å²) >= 11 is 0. The molecule has 8 heteroatoms. The smallest absolute Gasteiger partial charge is 0.317 e. The zero-order valence-electron chi connectivity index (χ0n) is 18.5. The number of methoxy groups -OCH3 is 2. The molecule has 1 aliphatic rings. The minimum Gasteiger partial charge on any atom is -0.493 e. The van der Waals surface area contributed by atoms with Gasteiger partial charge in [-0.25, -0.2) is 4.79 Å². The molecule has 1 fully saturated rings. The number of amides is 3. The summed E-state index contributed by atoms with van der Waals surface area (Å²) in [6, 6.07) is 9.19. The summed E-state index contributed by atoms with van der Waals surface area (Å²) in [5.41, 5.74) is 1.00. The molecule has 0 spiro atoms. The molecule has 3 amide bonds. The molecule has 2 unspecified atom stereocenters. The van der Waals surface area contributed by atoms with E-state index in [-0.39, 0.29) is 29.8 Å². The van der Waals surface area contributed by atoms with E-state index in [0.29, 0.717) is 43.3 Å². The van der Waals surface area contributed by atoms with E-state index >= 15 is 0 Å². The fourth-order valence-electron chi connectivity index (χ4n) is 3.87. The van der Waals surface area contributed by atoms with Crippen molar-refractivity contribution in [3.8, 4) is 11.5 Å². The fraction of sp³-hybridized carbons (Fsp3) is 0.478. The van der Waals surface area contributed by atoms with Gasteiger partial charge in [-0.1, -0.05) is 6.07 Å². The van der Waals surface area contributed by atoms with Crippen molar-refractivity contribution in [3.05, 3.63) is 47.9 Å². The zero-order chi connectivity index (χ0) is 22.4. The Bertz CT molecular complexity index is 881. The van der Waals surface area contributed by atoms with Crippen LogP contribution in [-0.2, 0) is 11.3 Å². The number of hydrogen-bond acceptors (Lipinski definition) is 5. The summed E-state index contributed by atoms with van der Waals surface area (Å²) < 4.78 is 16.1. The summed E-state index contributed by atoms with van der Waals surface area (Å²) in [5.74, 6) is 1.52. The van der Waals surface area contributed by atoms with Gasteiger partial charge in [0.2, 0.25) is 5.91 Å². The second kappa shape index (κ2) is 10.2. The van der Waals surface area contributed by atoms with Crippen molar-refractivity contribution in [2.75, 3.05) is 27.3 Å². The number of carbonyl (C=O) groups excluding carboxylic acids is 2. The maximum absolute atomic E-state index is 12.9. The molecule has 3 rings (SSSR count). The zero-order valence-corrected chi connectivity index (χ0v) is 18.5. The van der Waals surface area contributed by atoms with Crippen LogP contribution in [0.15, 0.2) is 41.0 Å². The Balaban J connectivity index is 1.79. The second-order valence-corrected chi connectivity index (χ2v) is 8.05. The van der Waals surface area contributed by atoms with E-state index in [1.165, 1.54) is 0 Å². The molecule has 2 atom stereocenters. The molecule has 0 radical (unpaired) electrons. The molecular formula is C23H31N3O5. The third-order valence-corrected chi connectivity index (χ3v) is 5.42. The van der Waals surface area contributed by atoms with Crippen molar-refractivity contribution in [3.63, 3.8) is 0 Å². The van der Waals surface area contributed by atoms with Gasteiger partial charge in [-0.15, -0.1) is 0 Å². The van der Waals surface area contributed by atoms with Crippen molar-refractivity contribution in [2.24, 2.45) is 5.92 Å². The van der Waals surface area contributed by atoms with Crippen molar-refractivity contribution in [1.82, 2.24) is 15.5 Å². The van der Waals surface area contributed by atoms with Crippen molar-refractivity contribution in [2.45, 2.75) is 38.8 Å². The number of piperidine rings is 1. The quantitative estimate of drug-likeness (QED) is 0.705. The third-order valence-electron chi connectivity index (χ3n) is 5.42. The van der Waals surface area contributed by atoms with Crippen LogP contribution >= 0.6 is 0 Å². The average Bonchev–Trinajstić information content (AvgIpc) is 3.29. The molecule has 1 aromatic carbocycles. The van der Waals surface area contributed by atoms with E-state index in [1.54, 1.807) is 31.4 Å². The van der Waals surface area contributed by atoms with Gasteiger partial charge < -0.3 is 29.4 Å². The molecule has 2 aromatic rings. The highest BCUT2D eigenvalue weighted by Gasteiger charge is 2.35. The molecule has 2 heterocycles. The van der Waals surface area contributed by atoms with Crippen molar-refractivity contribution < 1.29 is 23.5 Å². The Morgan fingerprint density at radius 3 is 2.58 bits per heavy atom. The number of likely N-dealkylation sites (tertiary alicyclic amines) is 1. The number of carbonyl (C=O) groups is 2. The number of benzene rings is 1. The van der Waals surface area contributed by atoms with Crippen LogP contribution in [0.5, 0.6) is 11.5 Å². The highest BCUT2D eigenvalue weighted by molar-refractivity contribution is 5.81. The van der Waals surface area contributed by atoms with Crippen molar-refractivity contribution >= 4 is 11.9 Å². The predicted molar refractivity (Wildman–Crippen MR) is 116 cm³/mol. The second-order valence-electron chi connectivity index (χ2n) is 8.05. The lowest BCUT2D eigenvalue weighted by molar-refractivity contribution is -0.126. The SMILES string of the molecule is COc1ccc(C2CC(C(=O)NCc3ccco3)CN(C(=O)NC(C)C)C2)cc1OC. The lowest BCUT2D eigenvalue weighted by Crippen LogP contribution is -2.52. The Kier molecular flexibility index (Phi) is 7.44. The first-order chi connectivity index (χ1) is 14.9. The van der Waals surface area contributed by atoms with E-state index < -0.39 is 0 Å². The van der Waals surface area contributed by atoms with Gasteiger partial charge in [-0.05, 0) is 50.1 Å². The molecule has 1 aliphatic heterocycles. The molecule has 1 aromatic heterocycles. The van der Waals surface area contributed by atoms with Gasteiger partial charge in [0.15, 0.2) is 11.5 Å². The van der Waals surface area contributed by atoms with E-state index in [0.717, 1.165) is 5.56 Å². The fourth-order valence-corrected chi connectivity index (χ4v) is 3.87. The molecule has 0 saturated carbocycles. The van der Waals surface area contributed by atoms with Crippen LogP contribution in [0.2, 0.25) is 0 Å². The number of hydrogen-bond donors (Lipinski definition) is 2. The van der Waals surface area contributed by atoms with Gasteiger partial charge in [-0.2, -0.15) is 0 Å². The predicted octanol–water partition coefficient (Wildman–Crippen LogP) is 3.14. The van der Waals surface area contributed by atoms with Crippen LogP contribution in [-0.4, -0.2) is 50.2 Å². The van der Waals surface area contributed by atoms with Gasteiger partial charge in [0.25, 0.3) is 0 Å². The number of rotatable bonds is 7. The molecule has 168 valence electrons. The van der Waals surface area contributed by atoms with Crippen LogP contribution in [0, 0.1) is 5.92 Å². The molecular weight excluding hydrogens is 398 g/mol. The molecule has 2 N–H and O–H groups in total. The van der Waals surface area contributed by atoms with Gasteiger partial charge in [0.1, 0.15) is 5.76 Å². The number of urea groups is 1. The topological polar surface area (TPSA) is 93.0 Å². The van der Waals surface area contributed by atoms with Gasteiger partial charge in [0, 0.05) is 25.0 Å². The minimum absolute atomic E-state index is 0.00849. The first-order valence-electron chi connectivity index (χ1n) is 10.5. The highest BCUT2D eigenvalue weighted by atomic mass is 16.5. The van der Waals surface area contributed by atoms with Crippen LogP contribution in [0.25, 0.3) is 0 Å². The first kappa shape index (κ1) is 22.5. The molecule has 0 bridgehead atoms. The Morgan fingerprint density at radius 2 is 1.94 bits per heavy atom. The summed E-state index contributed by atoms with van der Waals surface area (Å²) in [5, 5.41) is 5.87. The Hall–Kier alpha value is -3.16. The Morgan fingerprint density at radius 1 is 1.16 bits per heavy atom. The summed E-state index contributed by atoms with van der Waals surface area (Å²) in [6.45, 7) is 5.05. The number of ether oxygens (including phenoxy) is 2. The third kappa shape index (κ3) is 5.71. The van der Waals surface area contributed by atoms with Crippen molar-refractivity contribution in [1.29, 1.82) is 0 Å². The summed E-state index contributed by atoms with van der Waals surface area (Å²) in [7, 11) is 3.19. The van der Waals surface area contributed by atoms with Crippen LogP contribution < -0.4 is 20.1 Å². The maximum Gasteiger partial charge on any atom is 0.317 e. The molecule has 31 heavy (non-hydrogen) atoms. The van der Waals surface area contributed by atoms with E-state index in [2.05, 4.69) is 10.6 Å². The minimum atomic E-state index is -0.334. The van der Waals surface area contributed by atoms with Gasteiger partial charge in [-0.3, -0.25) is 4.79 Å². The summed E-state index contributed by atoms with van der Waals surface area (Å²) in [6.07, 6.45) is 2.21. The van der Waals surface area contributed by atoms with Gasteiger partial charge in [0.05, 0.1) is 32.9 Å². The van der Waals surface area contributed by atoms with E-state index in [4.69, 9.17) is 13.9 Å². The first-order valence-corrected chi connectivity index (χ1v) is 10.5. The van der Waals surface area contributed by atoms with Crippen LogP contribution in [0.1, 0.15) is 37.5 Å². The number of furan rings is 1.